The van der Waals surface area contributed by atoms with E-state index in [2.05, 4.69) is 19.1 Å². The molecule has 0 aliphatic rings. The van der Waals surface area contributed by atoms with Crippen LogP contribution in [0.4, 0.5) is 0 Å². The Labute approximate surface area is 75.8 Å². The molecule has 0 rings (SSSR count). The van der Waals surface area contributed by atoms with Gasteiger partial charge in [-0.05, 0) is 33.1 Å². The van der Waals surface area contributed by atoms with Gasteiger partial charge in [-0.25, -0.2) is 0 Å². The van der Waals surface area contributed by atoms with Gasteiger partial charge in [0.2, 0.25) is 0 Å². The molecule has 0 aromatic heterocycles. The third kappa shape index (κ3) is 9.44. The average Bonchev–Trinajstić information content (AvgIpc) is 1.94. The molecule has 0 unspecified atom stereocenters. The summed E-state index contributed by atoms with van der Waals surface area (Å²) in [5.74, 6) is 0. The number of hydrogen-bond donors (Lipinski definition) is 1. The van der Waals surface area contributed by atoms with Crippen LogP contribution in [0, 0.1) is 0 Å². The van der Waals surface area contributed by atoms with Crippen molar-refractivity contribution in [1.82, 2.24) is 0 Å². The molecule has 0 atom stereocenters. The van der Waals surface area contributed by atoms with E-state index in [1.165, 1.54) is 0 Å². The molecule has 0 fully saturated rings. The lowest BCUT2D eigenvalue weighted by atomic mass is 10.1. The van der Waals surface area contributed by atoms with Gasteiger partial charge < -0.3 is 5.11 Å². The molecule has 1 heteroatoms. The summed E-state index contributed by atoms with van der Waals surface area (Å²) < 4.78 is 0. The van der Waals surface area contributed by atoms with E-state index < -0.39 is 5.60 Å². The summed E-state index contributed by atoms with van der Waals surface area (Å²) in [6.45, 7) is 5.69. The van der Waals surface area contributed by atoms with Gasteiger partial charge in [-0.1, -0.05) is 31.2 Å². The Kier molecular flexibility index (Phi) is 5.73. The van der Waals surface area contributed by atoms with Gasteiger partial charge in [-0.15, -0.1) is 0 Å². The normalized spacial score (nSPS) is 13.3. The van der Waals surface area contributed by atoms with E-state index in [1.54, 1.807) is 13.8 Å². The lowest BCUT2D eigenvalue weighted by Gasteiger charge is -2.09. The lowest BCUT2D eigenvalue weighted by molar-refractivity contribution is 0.133. The molecule has 0 heterocycles. The number of hydrogen-bond acceptors (Lipinski definition) is 1. The molecule has 0 aliphatic carbocycles. The highest BCUT2D eigenvalue weighted by Crippen LogP contribution is 2.04. The van der Waals surface area contributed by atoms with Crippen LogP contribution < -0.4 is 0 Å². The first-order valence-electron chi connectivity index (χ1n) is 4.61. The van der Waals surface area contributed by atoms with E-state index in [9.17, 15) is 5.11 Å². The fourth-order valence-electron chi connectivity index (χ4n) is 0.849. The molecule has 0 aliphatic heterocycles. The summed E-state index contributed by atoms with van der Waals surface area (Å²) >= 11 is 0. The maximum absolute atomic E-state index is 9.32. The Morgan fingerprint density at radius 3 is 2.17 bits per heavy atom. The predicted octanol–water partition coefficient (Wildman–Crippen LogP) is 3.06. The van der Waals surface area contributed by atoms with Crippen LogP contribution >= 0.6 is 0 Å². The maximum atomic E-state index is 9.32. The SMILES string of the molecule is CCC=CCCC=CC(C)(C)O. The zero-order chi connectivity index (χ0) is 9.45. The minimum atomic E-state index is -0.658. The molecule has 0 saturated carbocycles. The Bertz CT molecular complexity index is 149. The average molecular weight is 168 g/mol. The van der Waals surface area contributed by atoms with E-state index in [4.69, 9.17) is 0 Å². The second kappa shape index (κ2) is 6.01. The second-order valence-electron chi connectivity index (χ2n) is 3.51. The minimum Gasteiger partial charge on any atom is -0.386 e. The zero-order valence-corrected chi connectivity index (χ0v) is 8.38. The summed E-state index contributed by atoms with van der Waals surface area (Å²) in [5, 5.41) is 9.32. The molecule has 0 radical (unpaired) electrons. The van der Waals surface area contributed by atoms with Gasteiger partial charge in [0, 0.05) is 0 Å². The molecule has 0 saturated heterocycles. The molecular formula is C11H20O. The van der Waals surface area contributed by atoms with Crippen molar-refractivity contribution in [1.29, 1.82) is 0 Å². The van der Waals surface area contributed by atoms with E-state index in [-0.39, 0.29) is 0 Å². The van der Waals surface area contributed by atoms with Gasteiger partial charge >= 0.3 is 0 Å². The predicted molar refractivity (Wildman–Crippen MR) is 54.1 cm³/mol. The zero-order valence-electron chi connectivity index (χ0n) is 8.38. The summed E-state index contributed by atoms with van der Waals surface area (Å²) in [5.41, 5.74) is -0.658. The number of aliphatic hydroxyl groups is 1. The first-order chi connectivity index (χ1) is 5.56. The molecule has 0 amide bonds. The highest BCUT2D eigenvalue weighted by Gasteiger charge is 2.04. The van der Waals surface area contributed by atoms with Crippen molar-refractivity contribution >= 4 is 0 Å². The first kappa shape index (κ1) is 11.4. The Hall–Kier alpha value is -0.560. The first-order valence-corrected chi connectivity index (χ1v) is 4.61. The third-order valence-electron chi connectivity index (χ3n) is 1.43. The number of rotatable bonds is 5. The topological polar surface area (TPSA) is 20.2 Å². The van der Waals surface area contributed by atoms with Crippen molar-refractivity contribution in [3.8, 4) is 0 Å². The van der Waals surface area contributed by atoms with Gasteiger partial charge in [0.15, 0.2) is 0 Å². The molecule has 1 nitrogen and oxygen atoms in total. The van der Waals surface area contributed by atoms with Gasteiger partial charge in [0.1, 0.15) is 0 Å². The van der Waals surface area contributed by atoms with E-state index in [0.29, 0.717) is 0 Å². The van der Waals surface area contributed by atoms with Crippen LogP contribution in [0.2, 0.25) is 0 Å². The van der Waals surface area contributed by atoms with Crippen LogP contribution in [0.3, 0.4) is 0 Å². The largest absolute Gasteiger partial charge is 0.386 e. The van der Waals surface area contributed by atoms with Crippen LogP contribution in [-0.2, 0) is 0 Å². The fraction of sp³-hybridized carbons (Fsp3) is 0.636. The van der Waals surface area contributed by atoms with E-state index in [0.717, 1.165) is 19.3 Å². The fourth-order valence-corrected chi connectivity index (χ4v) is 0.849. The van der Waals surface area contributed by atoms with Crippen LogP contribution in [0.15, 0.2) is 24.3 Å². The Balaban J connectivity index is 3.43. The second-order valence-corrected chi connectivity index (χ2v) is 3.51. The molecule has 0 spiro atoms. The molecule has 12 heavy (non-hydrogen) atoms. The standard InChI is InChI=1S/C11H20O/c1-4-5-6-7-8-9-10-11(2,3)12/h5-6,9-10,12H,4,7-8H2,1-3H3. The molecule has 0 aromatic carbocycles. The van der Waals surface area contributed by atoms with Gasteiger partial charge in [-0.3, -0.25) is 0 Å². The van der Waals surface area contributed by atoms with Gasteiger partial charge in [0.25, 0.3) is 0 Å². The van der Waals surface area contributed by atoms with E-state index >= 15 is 0 Å². The molecule has 0 aromatic rings. The summed E-state index contributed by atoms with van der Waals surface area (Å²) in [7, 11) is 0. The minimum absolute atomic E-state index is 0.658. The smallest absolute Gasteiger partial charge is 0.0771 e. The quantitative estimate of drug-likeness (QED) is 0.494. The van der Waals surface area contributed by atoms with Crippen molar-refractivity contribution in [2.45, 2.75) is 45.6 Å². The number of unbranched alkanes of at least 4 members (excludes halogenated alkanes) is 1. The summed E-state index contributed by atoms with van der Waals surface area (Å²) in [6.07, 6.45) is 11.4. The molecule has 1 N–H and O–H groups in total. The van der Waals surface area contributed by atoms with Crippen molar-refractivity contribution in [3.63, 3.8) is 0 Å². The Morgan fingerprint density at radius 1 is 1.08 bits per heavy atom. The number of allylic oxidation sites excluding steroid dienone is 3. The van der Waals surface area contributed by atoms with Gasteiger partial charge in [0.05, 0.1) is 5.60 Å². The maximum Gasteiger partial charge on any atom is 0.0771 e. The van der Waals surface area contributed by atoms with Crippen LogP contribution in [-0.4, -0.2) is 10.7 Å². The van der Waals surface area contributed by atoms with Crippen molar-refractivity contribution in [2.75, 3.05) is 0 Å². The Morgan fingerprint density at radius 2 is 1.67 bits per heavy atom. The van der Waals surface area contributed by atoms with Crippen molar-refractivity contribution in [3.05, 3.63) is 24.3 Å². The van der Waals surface area contributed by atoms with Crippen LogP contribution in [0.5, 0.6) is 0 Å². The van der Waals surface area contributed by atoms with Crippen molar-refractivity contribution < 1.29 is 5.11 Å². The highest BCUT2D eigenvalue weighted by molar-refractivity contribution is 4.96. The van der Waals surface area contributed by atoms with Crippen LogP contribution in [0.25, 0.3) is 0 Å². The van der Waals surface area contributed by atoms with Crippen molar-refractivity contribution in [2.24, 2.45) is 0 Å². The third-order valence-corrected chi connectivity index (χ3v) is 1.43. The van der Waals surface area contributed by atoms with E-state index in [1.807, 2.05) is 12.2 Å². The van der Waals surface area contributed by atoms with Gasteiger partial charge in [-0.2, -0.15) is 0 Å². The summed E-state index contributed by atoms with van der Waals surface area (Å²) in [4.78, 5) is 0. The monoisotopic (exact) mass is 168 g/mol. The van der Waals surface area contributed by atoms with Crippen LogP contribution in [0.1, 0.15) is 40.0 Å². The molecule has 70 valence electrons. The molecule has 0 bridgehead atoms. The highest BCUT2D eigenvalue weighted by atomic mass is 16.3. The summed E-state index contributed by atoms with van der Waals surface area (Å²) in [6, 6.07) is 0. The molecular weight excluding hydrogens is 148 g/mol. The lowest BCUT2D eigenvalue weighted by Crippen LogP contribution is -2.13.